The number of carbonyl (C=O) groups is 2. The van der Waals surface area contributed by atoms with Gasteiger partial charge in [-0.05, 0) is 43.0 Å². The van der Waals surface area contributed by atoms with Crippen LogP contribution in [0, 0.1) is 25.6 Å². The molecule has 0 radical (unpaired) electrons. The number of hydrogen-bond acceptors (Lipinski definition) is 4. The van der Waals surface area contributed by atoms with E-state index < -0.39 is 11.7 Å². The summed E-state index contributed by atoms with van der Waals surface area (Å²) < 4.78 is 14.8. The summed E-state index contributed by atoms with van der Waals surface area (Å²) in [4.78, 5) is 33.4. The molecule has 2 aromatic rings. The summed E-state index contributed by atoms with van der Waals surface area (Å²) in [5.74, 6) is -0.349. The highest BCUT2D eigenvalue weighted by Gasteiger charge is 2.35. The number of pyridine rings is 1. The number of nitrogens with one attached hydrogen (secondary N) is 1. The molecule has 1 N–H and O–H groups in total. The van der Waals surface area contributed by atoms with E-state index in [1.807, 2.05) is 27.0 Å². The van der Waals surface area contributed by atoms with Crippen LogP contribution in [0.3, 0.4) is 0 Å². The number of hydrogen-bond donors (Lipinski definition) is 1. The molecule has 1 aromatic heterocycles. The van der Waals surface area contributed by atoms with Crippen molar-refractivity contribution in [3.05, 3.63) is 58.5 Å². The van der Waals surface area contributed by atoms with Gasteiger partial charge in [0.25, 0.3) is 5.91 Å². The van der Waals surface area contributed by atoms with Gasteiger partial charge in [-0.25, -0.2) is 9.37 Å². The van der Waals surface area contributed by atoms with E-state index in [0.29, 0.717) is 43.9 Å². The molecular weight excluding hydrogens is 383 g/mol. The molecule has 4 rings (SSSR count). The highest BCUT2D eigenvalue weighted by Crippen LogP contribution is 2.31. The molecular formula is C23H27FN4O2. The third kappa shape index (κ3) is 3.76. The predicted octanol–water partition coefficient (Wildman–Crippen LogP) is 2.65. The number of anilines is 1. The van der Waals surface area contributed by atoms with E-state index >= 15 is 0 Å². The number of carbonyl (C=O) groups excluding carboxylic acids is 2. The second-order valence-corrected chi connectivity index (χ2v) is 8.37. The first-order valence-corrected chi connectivity index (χ1v) is 10.4. The topological polar surface area (TPSA) is 65.5 Å². The zero-order valence-corrected chi connectivity index (χ0v) is 17.6. The number of halogens is 1. The van der Waals surface area contributed by atoms with Crippen LogP contribution in [-0.2, 0) is 4.79 Å². The summed E-state index contributed by atoms with van der Waals surface area (Å²) in [5.41, 5.74) is 2.93. The number of nitrogens with zero attached hydrogens (tertiary/aromatic N) is 3. The lowest BCUT2D eigenvalue weighted by Gasteiger charge is -2.36. The molecule has 2 aliphatic rings. The van der Waals surface area contributed by atoms with Gasteiger partial charge in [-0.3, -0.25) is 9.59 Å². The van der Waals surface area contributed by atoms with Gasteiger partial charge in [0.2, 0.25) is 5.91 Å². The molecule has 2 saturated heterocycles. The van der Waals surface area contributed by atoms with E-state index in [0.717, 1.165) is 16.9 Å². The fourth-order valence-electron chi connectivity index (χ4n) is 4.45. The van der Waals surface area contributed by atoms with Crippen LogP contribution in [0.15, 0.2) is 30.5 Å². The van der Waals surface area contributed by atoms with Crippen LogP contribution < -0.4 is 10.2 Å². The Kier molecular flexibility index (Phi) is 5.45. The first-order chi connectivity index (χ1) is 14.3. The van der Waals surface area contributed by atoms with Crippen LogP contribution >= 0.6 is 0 Å². The van der Waals surface area contributed by atoms with Gasteiger partial charge in [-0.2, -0.15) is 0 Å². The summed E-state index contributed by atoms with van der Waals surface area (Å²) in [7, 11) is 0. The summed E-state index contributed by atoms with van der Waals surface area (Å²) in [5, 5.41) is 2.77. The fourth-order valence-corrected chi connectivity index (χ4v) is 4.45. The van der Waals surface area contributed by atoms with E-state index in [4.69, 9.17) is 0 Å². The van der Waals surface area contributed by atoms with Crippen molar-refractivity contribution in [1.29, 1.82) is 0 Å². The molecule has 30 heavy (non-hydrogen) atoms. The summed E-state index contributed by atoms with van der Waals surface area (Å²) in [6.45, 7) is 9.01. The summed E-state index contributed by atoms with van der Waals surface area (Å²) >= 11 is 0. The van der Waals surface area contributed by atoms with Gasteiger partial charge in [0.1, 0.15) is 11.6 Å². The molecule has 0 aliphatic carbocycles. The van der Waals surface area contributed by atoms with Crippen molar-refractivity contribution in [1.82, 2.24) is 15.2 Å². The van der Waals surface area contributed by atoms with E-state index in [2.05, 4.69) is 21.3 Å². The molecule has 158 valence electrons. The maximum Gasteiger partial charge on any atom is 0.254 e. The lowest BCUT2D eigenvalue weighted by molar-refractivity contribution is -0.120. The SMILES string of the molecule is Cc1cnc(N2CCN(C(=O)c3ccc([C@@H]4C(=O)NCC4C)c(F)c3)CC2)c(C)c1. The molecule has 3 heterocycles. The Hall–Kier alpha value is -2.96. The molecule has 7 heteroatoms. The van der Waals surface area contributed by atoms with Crippen LogP contribution in [0.5, 0.6) is 0 Å². The average molecular weight is 410 g/mol. The van der Waals surface area contributed by atoms with Crippen molar-refractivity contribution in [2.75, 3.05) is 37.6 Å². The zero-order valence-electron chi connectivity index (χ0n) is 17.6. The van der Waals surface area contributed by atoms with Gasteiger partial charge in [0, 0.05) is 50.0 Å². The minimum absolute atomic E-state index is 0.0282. The maximum absolute atomic E-state index is 14.8. The number of piperazine rings is 1. The molecule has 2 fully saturated rings. The molecule has 0 bridgehead atoms. The van der Waals surface area contributed by atoms with Crippen molar-refractivity contribution >= 4 is 17.6 Å². The monoisotopic (exact) mass is 410 g/mol. The van der Waals surface area contributed by atoms with Crippen LogP contribution in [0.1, 0.15) is 39.9 Å². The molecule has 1 aromatic carbocycles. The summed E-state index contributed by atoms with van der Waals surface area (Å²) in [6, 6.07) is 6.60. The third-order valence-corrected chi connectivity index (χ3v) is 6.09. The predicted molar refractivity (Wildman–Crippen MR) is 113 cm³/mol. The normalized spacial score (nSPS) is 21.7. The number of rotatable bonds is 3. The number of amides is 2. The van der Waals surface area contributed by atoms with Gasteiger partial charge < -0.3 is 15.1 Å². The zero-order chi connectivity index (χ0) is 21.4. The largest absolute Gasteiger partial charge is 0.355 e. The quantitative estimate of drug-likeness (QED) is 0.845. The standard InChI is InChI=1S/C23H27FN4O2/c1-14-10-15(2)21(25-12-14)27-6-8-28(9-7-27)23(30)17-4-5-18(19(24)11-17)20-16(3)13-26-22(20)29/h4-5,10-12,16,20H,6-9,13H2,1-3H3,(H,26,29)/t16?,20-/m1/s1. The minimum atomic E-state index is -0.497. The van der Waals surface area contributed by atoms with Crippen LogP contribution in [0.2, 0.25) is 0 Å². The molecule has 2 aliphatic heterocycles. The second-order valence-electron chi connectivity index (χ2n) is 8.37. The van der Waals surface area contributed by atoms with Gasteiger partial charge in [-0.1, -0.05) is 19.1 Å². The van der Waals surface area contributed by atoms with Gasteiger partial charge in [0.05, 0.1) is 5.92 Å². The Morgan fingerprint density at radius 2 is 1.90 bits per heavy atom. The number of aromatic nitrogens is 1. The first-order valence-electron chi connectivity index (χ1n) is 10.4. The van der Waals surface area contributed by atoms with Crippen molar-refractivity contribution < 1.29 is 14.0 Å². The van der Waals surface area contributed by atoms with Gasteiger partial charge in [0.15, 0.2) is 0 Å². The molecule has 6 nitrogen and oxygen atoms in total. The van der Waals surface area contributed by atoms with Crippen molar-refractivity contribution in [3.63, 3.8) is 0 Å². The highest BCUT2D eigenvalue weighted by atomic mass is 19.1. The number of aryl methyl sites for hydroxylation is 2. The third-order valence-electron chi connectivity index (χ3n) is 6.09. The van der Waals surface area contributed by atoms with Crippen LogP contribution in [-0.4, -0.2) is 54.4 Å². The van der Waals surface area contributed by atoms with E-state index in [-0.39, 0.29) is 17.7 Å². The molecule has 1 unspecified atom stereocenters. The van der Waals surface area contributed by atoms with Gasteiger partial charge >= 0.3 is 0 Å². The fraction of sp³-hybridized carbons (Fsp3) is 0.435. The van der Waals surface area contributed by atoms with E-state index in [9.17, 15) is 14.0 Å². The Bertz CT molecular complexity index is 985. The Morgan fingerprint density at radius 1 is 1.17 bits per heavy atom. The van der Waals surface area contributed by atoms with Crippen molar-refractivity contribution in [2.45, 2.75) is 26.7 Å². The Labute approximate surface area is 176 Å². The molecule has 0 spiro atoms. The number of benzene rings is 1. The average Bonchev–Trinajstić information content (AvgIpc) is 3.06. The van der Waals surface area contributed by atoms with Crippen LogP contribution in [0.4, 0.5) is 10.2 Å². The molecule has 0 saturated carbocycles. The first kappa shape index (κ1) is 20.3. The summed E-state index contributed by atoms with van der Waals surface area (Å²) in [6.07, 6.45) is 1.86. The molecule has 2 amide bonds. The van der Waals surface area contributed by atoms with Crippen molar-refractivity contribution in [2.24, 2.45) is 5.92 Å². The van der Waals surface area contributed by atoms with E-state index in [1.54, 1.807) is 17.0 Å². The lowest BCUT2D eigenvalue weighted by atomic mass is 9.89. The Morgan fingerprint density at radius 3 is 2.50 bits per heavy atom. The highest BCUT2D eigenvalue weighted by molar-refractivity contribution is 5.95. The second kappa shape index (κ2) is 8.05. The van der Waals surface area contributed by atoms with Gasteiger partial charge in [-0.15, -0.1) is 0 Å². The molecule has 2 atom stereocenters. The maximum atomic E-state index is 14.8. The lowest BCUT2D eigenvalue weighted by Crippen LogP contribution is -2.49. The van der Waals surface area contributed by atoms with Crippen LogP contribution in [0.25, 0.3) is 0 Å². The Balaban J connectivity index is 1.44. The van der Waals surface area contributed by atoms with E-state index in [1.165, 1.54) is 6.07 Å². The van der Waals surface area contributed by atoms with Crippen molar-refractivity contribution in [3.8, 4) is 0 Å². The smallest absolute Gasteiger partial charge is 0.254 e. The minimum Gasteiger partial charge on any atom is -0.355 e.